The van der Waals surface area contributed by atoms with E-state index in [-0.39, 0.29) is 12.4 Å². The van der Waals surface area contributed by atoms with Crippen molar-refractivity contribution >= 4 is 28.9 Å². The molecular formula is C16H15N5O4. The Morgan fingerprint density at radius 2 is 2.24 bits per heavy atom. The number of nitro groups is 1. The Bertz CT molecular complexity index is 918. The summed E-state index contributed by atoms with van der Waals surface area (Å²) in [6, 6.07) is 10.2. The number of fused-ring (bicyclic) bond motifs is 1. The van der Waals surface area contributed by atoms with Crippen molar-refractivity contribution in [2.24, 2.45) is 5.10 Å². The number of para-hydroxylation sites is 2. The Hall–Kier alpha value is -3.62. The standard InChI is InChI=1S/C16H15N5O4/c1-2-25-14-8-10(7-13(15(14)22)21(23)24)9-17-20-16-18-11-5-3-4-6-12(11)19-16/h3-9,22H,2H2,1H3,(H2,18,19,20)/b17-9-. The van der Waals surface area contributed by atoms with Gasteiger partial charge in [0.1, 0.15) is 0 Å². The van der Waals surface area contributed by atoms with Crippen LogP contribution in [0.4, 0.5) is 11.6 Å². The molecule has 0 aliphatic heterocycles. The summed E-state index contributed by atoms with van der Waals surface area (Å²) in [5.74, 6) is -0.0353. The van der Waals surface area contributed by atoms with Crippen LogP contribution in [0.15, 0.2) is 41.5 Å². The number of phenolic OH excluding ortho intramolecular Hbond substituents is 1. The number of hydrazone groups is 1. The minimum absolute atomic E-state index is 0.0295. The van der Waals surface area contributed by atoms with Crippen LogP contribution in [-0.2, 0) is 0 Å². The first-order valence-electron chi connectivity index (χ1n) is 7.46. The van der Waals surface area contributed by atoms with Gasteiger partial charge in [0.15, 0.2) is 5.75 Å². The highest BCUT2D eigenvalue weighted by molar-refractivity contribution is 5.84. The molecule has 2 aromatic carbocycles. The van der Waals surface area contributed by atoms with Crippen LogP contribution in [0, 0.1) is 10.1 Å². The largest absolute Gasteiger partial charge is 0.500 e. The zero-order valence-electron chi connectivity index (χ0n) is 13.3. The molecular weight excluding hydrogens is 326 g/mol. The number of hydrogen-bond acceptors (Lipinski definition) is 7. The van der Waals surface area contributed by atoms with Crippen molar-refractivity contribution in [1.29, 1.82) is 0 Å². The number of nitrogens with zero attached hydrogens (tertiary/aromatic N) is 3. The van der Waals surface area contributed by atoms with E-state index in [0.29, 0.717) is 11.5 Å². The monoisotopic (exact) mass is 341 g/mol. The van der Waals surface area contributed by atoms with E-state index in [0.717, 1.165) is 11.0 Å². The molecule has 9 nitrogen and oxygen atoms in total. The lowest BCUT2D eigenvalue weighted by atomic mass is 10.2. The van der Waals surface area contributed by atoms with E-state index in [2.05, 4.69) is 20.5 Å². The first-order valence-corrected chi connectivity index (χ1v) is 7.46. The van der Waals surface area contributed by atoms with Gasteiger partial charge in [-0.1, -0.05) is 12.1 Å². The normalized spacial score (nSPS) is 11.1. The number of nitrogens with one attached hydrogen (secondary N) is 2. The summed E-state index contributed by atoms with van der Waals surface area (Å²) in [7, 11) is 0. The van der Waals surface area contributed by atoms with Gasteiger partial charge in [0.2, 0.25) is 11.7 Å². The van der Waals surface area contributed by atoms with E-state index in [1.807, 2.05) is 24.3 Å². The average molecular weight is 341 g/mol. The molecule has 0 unspecified atom stereocenters. The number of rotatable bonds is 6. The van der Waals surface area contributed by atoms with Crippen LogP contribution in [0.2, 0.25) is 0 Å². The maximum absolute atomic E-state index is 11.0. The van der Waals surface area contributed by atoms with Crippen LogP contribution in [0.3, 0.4) is 0 Å². The second kappa shape index (κ2) is 6.87. The van der Waals surface area contributed by atoms with Gasteiger partial charge >= 0.3 is 5.69 Å². The first-order chi connectivity index (χ1) is 12.1. The summed E-state index contributed by atoms with van der Waals surface area (Å²) in [4.78, 5) is 17.7. The lowest BCUT2D eigenvalue weighted by molar-refractivity contribution is -0.386. The van der Waals surface area contributed by atoms with E-state index in [1.54, 1.807) is 6.92 Å². The number of aromatic amines is 1. The number of benzene rings is 2. The molecule has 0 fully saturated rings. The second-order valence-corrected chi connectivity index (χ2v) is 5.05. The fourth-order valence-electron chi connectivity index (χ4n) is 2.27. The number of anilines is 1. The van der Waals surface area contributed by atoms with Crippen molar-refractivity contribution in [2.45, 2.75) is 6.92 Å². The average Bonchev–Trinajstić information content (AvgIpc) is 3.00. The van der Waals surface area contributed by atoms with Crippen LogP contribution in [0.5, 0.6) is 11.5 Å². The van der Waals surface area contributed by atoms with E-state index >= 15 is 0 Å². The highest BCUT2D eigenvalue weighted by atomic mass is 16.6. The van der Waals surface area contributed by atoms with Gasteiger partial charge in [-0.2, -0.15) is 5.10 Å². The second-order valence-electron chi connectivity index (χ2n) is 5.05. The third kappa shape index (κ3) is 3.50. The number of hydrogen-bond donors (Lipinski definition) is 3. The number of nitro benzene ring substituents is 1. The van der Waals surface area contributed by atoms with E-state index < -0.39 is 16.4 Å². The highest BCUT2D eigenvalue weighted by Gasteiger charge is 2.19. The summed E-state index contributed by atoms with van der Waals surface area (Å²) in [5.41, 5.74) is 4.33. The molecule has 0 amide bonds. The highest BCUT2D eigenvalue weighted by Crippen LogP contribution is 2.36. The van der Waals surface area contributed by atoms with Gasteiger partial charge in [-0.15, -0.1) is 0 Å². The van der Waals surface area contributed by atoms with Gasteiger partial charge in [0.05, 0.1) is 28.8 Å². The molecule has 0 aliphatic rings. The van der Waals surface area contributed by atoms with Gasteiger partial charge in [0.25, 0.3) is 0 Å². The van der Waals surface area contributed by atoms with Gasteiger partial charge in [0, 0.05) is 11.6 Å². The summed E-state index contributed by atoms with van der Waals surface area (Å²) in [6.07, 6.45) is 1.38. The minimum Gasteiger partial charge on any atom is -0.500 e. The van der Waals surface area contributed by atoms with Crippen LogP contribution in [0.1, 0.15) is 12.5 Å². The number of phenols is 1. The fraction of sp³-hybridized carbons (Fsp3) is 0.125. The molecule has 128 valence electrons. The molecule has 1 heterocycles. The molecule has 0 atom stereocenters. The number of aromatic hydroxyl groups is 1. The lowest BCUT2D eigenvalue weighted by Gasteiger charge is -2.07. The quantitative estimate of drug-likeness (QED) is 0.359. The van der Waals surface area contributed by atoms with Gasteiger partial charge in [-0.25, -0.2) is 10.4 Å². The van der Waals surface area contributed by atoms with Gasteiger partial charge in [-0.3, -0.25) is 10.1 Å². The van der Waals surface area contributed by atoms with Crippen LogP contribution in [-0.4, -0.2) is 32.8 Å². The zero-order valence-corrected chi connectivity index (χ0v) is 13.3. The Kier molecular flexibility index (Phi) is 4.46. The molecule has 3 rings (SSSR count). The van der Waals surface area contributed by atoms with Crippen LogP contribution >= 0.6 is 0 Å². The molecule has 0 saturated heterocycles. The van der Waals surface area contributed by atoms with Crippen molar-refractivity contribution < 1.29 is 14.8 Å². The van der Waals surface area contributed by atoms with Crippen molar-refractivity contribution in [3.8, 4) is 11.5 Å². The molecule has 3 N–H and O–H groups in total. The predicted molar refractivity (Wildman–Crippen MR) is 93.2 cm³/mol. The van der Waals surface area contributed by atoms with Gasteiger partial charge in [-0.05, 0) is 25.1 Å². The third-order valence-electron chi connectivity index (χ3n) is 3.35. The minimum atomic E-state index is -0.679. The Balaban J connectivity index is 1.83. The molecule has 0 aliphatic carbocycles. The molecule has 0 spiro atoms. The Labute approximate surface area is 142 Å². The first kappa shape index (κ1) is 16.2. The topological polar surface area (TPSA) is 126 Å². The summed E-state index contributed by atoms with van der Waals surface area (Å²) in [5, 5.41) is 24.9. The summed E-state index contributed by atoms with van der Waals surface area (Å²) >= 11 is 0. The Morgan fingerprint density at radius 1 is 1.44 bits per heavy atom. The smallest absolute Gasteiger partial charge is 0.315 e. The molecule has 1 aromatic heterocycles. The lowest BCUT2D eigenvalue weighted by Crippen LogP contribution is -1.98. The number of aromatic nitrogens is 2. The molecule has 3 aromatic rings. The van der Waals surface area contributed by atoms with Crippen LogP contribution in [0.25, 0.3) is 11.0 Å². The molecule has 25 heavy (non-hydrogen) atoms. The number of imidazole rings is 1. The summed E-state index contributed by atoms with van der Waals surface area (Å²) < 4.78 is 5.22. The maximum Gasteiger partial charge on any atom is 0.315 e. The molecule has 0 saturated carbocycles. The fourth-order valence-corrected chi connectivity index (χ4v) is 2.27. The predicted octanol–water partition coefficient (Wildman–Crippen LogP) is 3.02. The van der Waals surface area contributed by atoms with E-state index in [9.17, 15) is 15.2 Å². The van der Waals surface area contributed by atoms with Crippen molar-refractivity contribution in [3.63, 3.8) is 0 Å². The number of ether oxygens (including phenoxy) is 1. The number of H-pyrrole nitrogens is 1. The van der Waals surface area contributed by atoms with Crippen molar-refractivity contribution in [1.82, 2.24) is 9.97 Å². The third-order valence-corrected chi connectivity index (χ3v) is 3.35. The maximum atomic E-state index is 11.0. The molecule has 9 heteroatoms. The van der Waals surface area contributed by atoms with E-state index in [1.165, 1.54) is 18.3 Å². The van der Waals surface area contributed by atoms with E-state index in [4.69, 9.17) is 4.74 Å². The van der Waals surface area contributed by atoms with Crippen molar-refractivity contribution in [2.75, 3.05) is 12.0 Å². The molecule has 0 radical (unpaired) electrons. The van der Waals surface area contributed by atoms with Gasteiger partial charge < -0.3 is 14.8 Å². The Morgan fingerprint density at radius 3 is 2.96 bits per heavy atom. The SMILES string of the molecule is CCOc1cc(/C=N\Nc2nc3ccccc3[nH]2)cc([N+](=O)[O-])c1O. The summed E-state index contributed by atoms with van der Waals surface area (Å²) in [6.45, 7) is 1.98. The van der Waals surface area contributed by atoms with Crippen molar-refractivity contribution in [3.05, 3.63) is 52.1 Å². The zero-order chi connectivity index (χ0) is 17.8. The molecule has 0 bridgehead atoms. The van der Waals surface area contributed by atoms with Crippen LogP contribution < -0.4 is 10.2 Å².